The van der Waals surface area contributed by atoms with E-state index in [4.69, 9.17) is 13.9 Å². The van der Waals surface area contributed by atoms with Crippen LogP contribution in [-0.4, -0.2) is 31.5 Å². The van der Waals surface area contributed by atoms with Gasteiger partial charge in [0.1, 0.15) is 5.76 Å². The maximum absolute atomic E-state index is 12.4. The topological polar surface area (TPSA) is 68.9 Å². The fourth-order valence-corrected chi connectivity index (χ4v) is 3.80. The Hall–Kier alpha value is -1.33. The number of methoxy groups -OCH3 is 2. The molecule has 122 valence electrons. The minimum Gasteiger partial charge on any atom is -0.502 e. The molecule has 0 aliphatic heterocycles. The minimum absolute atomic E-state index is 0.0104. The first-order valence-corrected chi connectivity index (χ1v) is 8.09. The van der Waals surface area contributed by atoms with Gasteiger partial charge >= 0.3 is 0 Å². The molecule has 1 N–H and O–H groups in total. The van der Waals surface area contributed by atoms with Crippen molar-refractivity contribution in [1.82, 2.24) is 0 Å². The number of aromatic hydroxyl groups is 1. The predicted molar refractivity (Wildman–Crippen MR) is 81.5 cm³/mol. The highest BCUT2D eigenvalue weighted by atomic mass is 16.5. The molecule has 1 fully saturated rings. The van der Waals surface area contributed by atoms with Crippen LogP contribution in [0.15, 0.2) is 9.21 Å². The predicted octanol–water partition coefficient (Wildman–Crippen LogP) is 2.52. The van der Waals surface area contributed by atoms with Crippen molar-refractivity contribution in [2.24, 2.45) is 0 Å². The summed E-state index contributed by atoms with van der Waals surface area (Å²) in [6.45, 7) is 0. The summed E-state index contributed by atoms with van der Waals surface area (Å²) in [5.41, 5.74) is 0.431. The van der Waals surface area contributed by atoms with E-state index < -0.39 is 0 Å². The van der Waals surface area contributed by atoms with Crippen molar-refractivity contribution in [3.63, 3.8) is 0 Å². The number of rotatable bonds is 3. The molecular formula is C17H24O5. The molecule has 1 heterocycles. The highest BCUT2D eigenvalue weighted by molar-refractivity contribution is 5.35. The van der Waals surface area contributed by atoms with Gasteiger partial charge in [-0.3, -0.25) is 4.79 Å². The average molecular weight is 308 g/mol. The Bertz CT molecular complexity index is 591. The van der Waals surface area contributed by atoms with Crippen molar-refractivity contribution in [1.29, 1.82) is 0 Å². The third kappa shape index (κ3) is 2.68. The molecule has 0 saturated heterocycles. The van der Waals surface area contributed by atoms with Crippen LogP contribution in [0.1, 0.15) is 55.1 Å². The van der Waals surface area contributed by atoms with Gasteiger partial charge in [0, 0.05) is 32.1 Å². The number of hydrogen-bond donors (Lipinski definition) is 1. The van der Waals surface area contributed by atoms with Gasteiger partial charge < -0.3 is 19.0 Å². The Morgan fingerprint density at radius 2 is 1.82 bits per heavy atom. The smallest absolute Gasteiger partial charge is 0.230 e. The van der Waals surface area contributed by atoms with Crippen LogP contribution in [0.2, 0.25) is 0 Å². The summed E-state index contributed by atoms with van der Waals surface area (Å²) in [5, 5.41) is 10.3. The summed E-state index contributed by atoms with van der Waals surface area (Å²) in [4.78, 5) is 12.4. The molecule has 1 aromatic heterocycles. The summed E-state index contributed by atoms with van der Waals surface area (Å²) in [6.07, 6.45) is 5.91. The molecule has 0 radical (unpaired) electrons. The molecule has 0 bridgehead atoms. The van der Waals surface area contributed by atoms with E-state index in [2.05, 4.69) is 0 Å². The van der Waals surface area contributed by atoms with Crippen molar-refractivity contribution in [2.75, 3.05) is 14.2 Å². The van der Waals surface area contributed by atoms with Gasteiger partial charge in [0.15, 0.2) is 5.76 Å². The lowest BCUT2D eigenvalue weighted by molar-refractivity contribution is -0.0642. The normalized spacial score (nSPS) is 28.4. The number of fused-ring (bicyclic) bond motifs is 1. The van der Waals surface area contributed by atoms with E-state index in [9.17, 15) is 9.90 Å². The molecule has 3 atom stereocenters. The summed E-state index contributed by atoms with van der Waals surface area (Å²) in [5.74, 6) is 1.03. The lowest BCUT2D eigenvalue weighted by atomic mass is 9.82. The van der Waals surface area contributed by atoms with Gasteiger partial charge in [-0.2, -0.15) is 0 Å². The maximum atomic E-state index is 12.4. The van der Waals surface area contributed by atoms with Gasteiger partial charge in [-0.05, 0) is 38.5 Å². The summed E-state index contributed by atoms with van der Waals surface area (Å²) in [7, 11) is 3.36. The van der Waals surface area contributed by atoms with Gasteiger partial charge in [-0.1, -0.05) is 0 Å². The van der Waals surface area contributed by atoms with Crippen LogP contribution in [0.25, 0.3) is 0 Å². The summed E-state index contributed by atoms with van der Waals surface area (Å²) >= 11 is 0. The molecule has 1 aromatic rings. The van der Waals surface area contributed by atoms with E-state index in [-0.39, 0.29) is 29.3 Å². The lowest BCUT2D eigenvalue weighted by Crippen LogP contribution is -2.36. The molecule has 3 rings (SSSR count). The quantitative estimate of drug-likeness (QED) is 0.929. The van der Waals surface area contributed by atoms with E-state index in [1.54, 1.807) is 14.2 Å². The minimum atomic E-state index is -0.237. The van der Waals surface area contributed by atoms with Crippen LogP contribution in [0.3, 0.4) is 0 Å². The van der Waals surface area contributed by atoms with Crippen molar-refractivity contribution in [3.05, 3.63) is 27.3 Å². The zero-order valence-corrected chi connectivity index (χ0v) is 13.3. The van der Waals surface area contributed by atoms with E-state index in [1.165, 1.54) is 0 Å². The Morgan fingerprint density at radius 3 is 2.55 bits per heavy atom. The van der Waals surface area contributed by atoms with Crippen molar-refractivity contribution in [2.45, 2.75) is 63.1 Å². The van der Waals surface area contributed by atoms with Crippen LogP contribution >= 0.6 is 0 Å². The molecule has 22 heavy (non-hydrogen) atoms. The van der Waals surface area contributed by atoms with E-state index in [0.29, 0.717) is 24.2 Å². The standard InChI is InChI=1S/C17H24O5/c1-20-13-8-7-10(9-14(13)21-2)17-16(19)15(18)11-5-3-4-6-12(11)22-17/h10,13-14,19H,3-9H2,1-2H3. The van der Waals surface area contributed by atoms with Crippen molar-refractivity contribution >= 4 is 0 Å². The maximum Gasteiger partial charge on any atom is 0.230 e. The molecule has 5 heteroatoms. The highest BCUT2D eigenvalue weighted by Gasteiger charge is 2.35. The third-order valence-electron chi connectivity index (χ3n) is 5.08. The van der Waals surface area contributed by atoms with E-state index in [0.717, 1.165) is 37.9 Å². The Kier molecular flexibility index (Phi) is 4.54. The van der Waals surface area contributed by atoms with Crippen LogP contribution < -0.4 is 5.43 Å². The fourth-order valence-electron chi connectivity index (χ4n) is 3.80. The van der Waals surface area contributed by atoms with E-state index >= 15 is 0 Å². The Balaban J connectivity index is 1.92. The Labute approximate surface area is 130 Å². The molecular weight excluding hydrogens is 284 g/mol. The van der Waals surface area contributed by atoms with Crippen molar-refractivity contribution < 1.29 is 19.0 Å². The SMILES string of the molecule is COC1CCC(c2oc3c(c(=O)c2O)CCCC3)CC1OC. The molecule has 3 unspecified atom stereocenters. The molecule has 1 saturated carbocycles. The molecule has 2 aliphatic carbocycles. The zero-order chi connectivity index (χ0) is 15.7. The van der Waals surface area contributed by atoms with E-state index in [1.807, 2.05) is 0 Å². The first-order chi connectivity index (χ1) is 10.7. The van der Waals surface area contributed by atoms with Gasteiger partial charge in [0.25, 0.3) is 0 Å². The monoisotopic (exact) mass is 308 g/mol. The number of aryl methyl sites for hydroxylation is 1. The summed E-state index contributed by atoms with van der Waals surface area (Å²) in [6, 6.07) is 0. The molecule has 0 spiro atoms. The van der Waals surface area contributed by atoms with Crippen LogP contribution in [0, 0.1) is 0 Å². The number of hydrogen-bond acceptors (Lipinski definition) is 5. The summed E-state index contributed by atoms with van der Waals surface area (Å²) < 4.78 is 16.9. The van der Waals surface area contributed by atoms with Gasteiger partial charge in [0.05, 0.1) is 12.2 Å². The second kappa shape index (κ2) is 6.42. The molecule has 0 aromatic carbocycles. The van der Waals surface area contributed by atoms with Gasteiger partial charge in [0.2, 0.25) is 11.2 Å². The lowest BCUT2D eigenvalue weighted by Gasteiger charge is -2.34. The van der Waals surface area contributed by atoms with Gasteiger partial charge in [-0.25, -0.2) is 0 Å². The molecule has 5 nitrogen and oxygen atoms in total. The first kappa shape index (κ1) is 15.6. The van der Waals surface area contributed by atoms with Crippen LogP contribution in [0.4, 0.5) is 0 Å². The fraction of sp³-hybridized carbons (Fsp3) is 0.706. The first-order valence-electron chi connectivity index (χ1n) is 8.09. The van der Waals surface area contributed by atoms with Crippen molar-refractivity contribution in [3.8, 4) is 5.75 Å². The molecule has 2 aliphatic rings. The van der Waals surface area contributed by atoms with Crippen LogP contribution in [-0.2, 0) is 22.3 Å². The average Bonchev–Trinajstić information content (AvgIpc) is 2.57. The third-order valence-corrected chi connectivity index (χ3v) is 5.08. The highest BCUT2D eigenvalue weighted by Crippen LogP contribution is 2.39. The Morgan fingerprint density at radius 1 is 1.09 bits per heavy atom. The molecule has 0 amide bonds. The largest absolute Gasteiger partial charge is 0.502 e. The van der Waals surface area contributed by atoms with Gasteiger partial charge in [-0.15, -0.1) is 0 Å². The number of ether oxygens (including phenoxy) is 2. The second-order valence-corrected chi connectivity index (χ2v) is 6.31. The zero-order valence-electron chi connectivity index (χ0n) is 13.3. The van der Waals surface area contributed by atoms with Crippen LogP contribution in [0.5, 0.6) is 5.75 Å². The second-order valence-electron chi connectivity index (χ2n) is 6.31.